The van der Waals surface area contributed by atoms with Gasteiger partial charge in [0.25, 0.3) is 11.8 Å². The Morgan fingerprint density at radius 3 is 2.51 bits per heavy atom. The van der Waals surface area contributed by atoms with Gasteiger partial charge in [0.1, 0.15) is 16.5 Å². The fraction of sp³-hybridized carbons (Fsp3) is 0.0400. The number of hydrogen-bond acceptors (Lipinski definition) is 6. The maximum absolute atomic E-state index is 12.8. The predicted molar refractivity (Wildman–Crippen MR) is 136 cm³/mol. The van der Waals surface area contributed by atoms with Crippen LogP contribution in [0.5, 0.6) is 5.75 Å². The van der Waals surface area contributed by atoms with Crippen molar-refractivity contribution in [3.8, 4) is 5.75 Å². The number of carboxylic acids is 1. The Hall–Kier alpha value is -4.02. The Balaban J connectivity index is 1.47. The Bertz CT molecular complexity index is 1450. The number of fused-ring (bicyclic) bond motifs is 1. The topological polar surface area (TPSA) is 129 Å². The average Bonchev–Trinajstić information content (AvgIpc) is 3.24. The van der Waals surface area contributed by atoms with Crippen molar-refractivity contribution in [1.82, 2.24) is 15.6 Å². The first-order valence-corrected chi connectivity index (χ1v) is 11.9. The van der Waals surface area contributed by atoms with E-state index >= 15 is 0 Å². The van der Waals surface area contributed by atoms with Crippen LogP contribution in [0.1, 0.15) is 31.3 Å². The fourth-order valence-electron chi connectivity index (χ4n) is 3.21. The second kappa shape index (κ2) is 10.5. The largest absolute Gasteiger partial charge is 0.508 e. The number of aliphatic carboxylic acids is 1. The second-order valence-corrected chi connectivity index (χ2v) is 9.30. The summed E-state index contributed by atoms with van der Waals surface area (Å²) in [6.45, 7) is 0.214. The summed E-state index contributed by atoms with van der Waals surface area (Å²) >= 11 is 4.60. The molecule has 1 heterocycles. The highest BCUT2D eigenvalue weighted by Gasteiger charge is 2.18. The molecule has 0 fully saturated rings. The molecular formula is C25H18BrN3O5S. The zero-order valence-electron chi connectivity index (χ0n) is 18.0. The van der Waals surface area contributed by atoms with E-state index in [1.807, 2.05) is 24.3 Å². The number of carbonyl (C=O) groups is 3. The maximum atomic E-state index is 12.8. The first-order valence-electron chi connectivity index (χ1n) is 10.3. The summed E-state index contributed by atoms with van der Waals surface area (Å²) in [6, 6.07) is 18.3. The second-order valence-electron chi connectivity index (χ2n) is 7.38. The van der Waals surface area contributed by atoms with Crippen molar-refractivity contribution >= 4 is 61.3 Å². The van der Waals surface area contributed by atoms with Crippen LogP contribution in [0.15, 0.2) is 76.9 Å². The minimum absolute atomic E-state index is 0.104. The van der Waals surface area contributed by atoms with Gasteiger partial charge in [-0.3, -0.25) is 9.59 Å². The van der Waals surface area contributed by atoms with Gasteiger partial charge in [-0.15, -0.1) is 11.3 Å². The normalized spacial score (nSPS) is 11.3. The lowest BCUT2D eigenvalue weighted by atomic mass is 10.1. The monoisotopic (exact) mass is 551 g/mol. The van der Waals surface area contributed by atoms with Gasteiger partial charge in [-0.1, -0.05) is 24.3 Å². The quantitative estimate of drug-likeness (QED) is 0.249. The molecule has 176 valence electrons. The van der Waals surface area contributed by atoms with Crippen LogP contribution in [0.2, 0.25) is 0 Å². The van der Waals surface area contributed by atoms with Gasteiger partial charge >= 0.3 is 5.97 Å². The Morgan fingerprint density at radius 1 is 1.00 bits per heavy atom. The number of aromatic hydroxyl groups is 1. The van der Waals surface area contributed by atoms with Crippen molar-refractivity contribution in [2.45, 2.75) is 6.54 Å². The molecule has 0 atom stereocenters. The zero-order chi connectivity index (χ0) is 24.9. The minimum Gasteiger partial charge on any atom is -0.508 e. The van der Waals surface area contributed by atoms with Crippen LogP contribution < -0.4 is 10.6 Å². The minimum atomic E-state index is -1.31. The number of para-hydroxylation sites is 1. The number of nitrogens with one attached hydrogen (secondary N) is 2. The van der Waals surface area contributed by atoms with E-state index in [-0.39, 0.29) is 29.5 Å². The van der Waals surface area contributed by atoms with Gasteiger partial charge in [-0.25, -0.2) is 9.78 Å². The molecule has 0 aliphatic heterocycles. The molecule has 35 heavy (non-hydrogen) atoms. The third-order valence-corrected chi connectivity index (χ3v) is 6.54. The van der Waals surface area contributed by atoms with E-state index in [1.165, 1.54) is 41.7 Å². The highest BCUT2D eigenvalue weighted by Crippen LogP contribution is 2.24. The lowest BCUT2D eigenvalue weighted by Gasteiger charge is -2.10. The van der Waals surface area contributed by atoms with E-state index < -0.39 is 11.9 Å². The third-order valence-electron chi connectivity index (χ3n) is 4.90. The van der Waals surface area contributed by atoms with Crippen molar-refractivity contribution in [2.75, 3.05) is 0 Å². The van der Waals surface area contributed by atoms with Crippen LogP contribution in [-0.2, 0) is 11.3 Å². The SMILES string of the molecule is O=C(O)/C(=C/c1nc2ccccc2s1)NC(=O)c1ccc(C(=O)NCc2cccc(O)c2)cc1Br. The fourth-order valence-corrected chi connectivity index (χ4v) is 4.68. The Labute approximate surface area is 212 Å². The molecule has 4 aromatic rings. The van der Waals surface area contributed by atoms with Crippen molar-refractivity contribution in [3.63, 3.8) is 0 Å². The Kier molecular flexibility index (Phi) is 7.23. The predicted octanol–water partition coefficient (Wildman–Crippen LogP) is 4.55. The van der Waals surface area contributed by atoms with Gasteiger partial charge in [-0.05, 0) is 64.0 Å². The lowest BCUT2D eigenvalue weighted by molar-refractivity contribution is -0.132. The van der Waals surface area contributed by atoms with E-state index in [2.05, 4.69) is 31.5 Å². The molecule has 4 N–H and O–H groups in total. The summed E-state index contributed by atoms with van der Waals surface area (Å²) in [5, 5.41) is 24.7. The molecule has 4 rings (SSSR count). The highest BCUT2D eigenvalue weighted by molar-refractivity contribution is 9.10. The van der Waals surface area contributed by atoms with Gasteiger partial charge in [0.2, 0.25) is 0 Å². The van der Waals surface area contributed by atoms with Gasteiger partial charge in [0, 0.05) is 22.7 Å². The number of hydrogen-bond donors (Lipinski definition) is 4. The number of rotatable bonds is 7. The number of phenols is 1. The smallest absolute Gasteiger partial charge is 0.352 e. The molecule has 0 saturated heterocycles. The summed E-state index contributed by atoms with van der Waals surface area (Å²) in [6.07, 6.45) is 1.31. The summed E-state index contributed by atoms with van der Waals surface area (Å²) in [5.41, 5.74) is 1.60. The van der Waals surface area contributed by atoms with Crippen LogP contribution >= 0.6 is 27.3 Å². The zero-order valence-corrected chi connectivity index (χ0v) is 20.4. The molecule has 0 aliphatic rings. The number of aromatic nitrogens is 1. The third kappa shape index (κ3) is 5.92. The van der Waals surface area contributed by atoms with Gasteiger partial charge in [-0.2, -0.15) is 0 Å². The maximum Gasteiger partial charge on any atom is 0.352 e. The van der Waals surface area contributed by atoms with E-state index in [0.717, 1.165) is 15.8 Å². The van der Waals surface area contributed by atoms with Crippen LogP contribution in [0.25, 0.3) is 16.3 Å². The molecule has 8 nitrogen and oxygen atoms in total. The number of phenolic OH excluding ortho intramolecular Hbond substituents is 1. The number of carbonyl (C=O) groups excluding carboxylic acids is 2. The molecule has 1 aromatic heterocycles. The first-order chi connectivity index (χ1) is 16.8. The average molecular weight is 552 g/mol. The van der Waals surface area contributed by atoms with Crippen LogP contribution in [-0.4, -0.2) is 33.0 Å². The van der Waals surface area contributed by atoms with Gasteiger partial charge < -0.3 is 20.8 Å². The first kappa shape index (κ1) is 24.1. The highest BCUT2D eigenvalue weighted by atomic mass is 79.9. The van der Waals surface area contributed by atoms with Crippen LogP contribution in [0.3, 0.4) is 0 Å². The molecule has 0 spiro atoms. The standard InChI is InChI=1S/C25H18BrN3O5S/c26-18-11-15(23(31)27-13-14-4-3-5-16(30)10-14)8-9-17(18)24(32)29-20(25(33)34)12-22-28-19-6-1-2-7-21(19)35-22/h1-12,30H,13H2,(H,27,31)(H,29,32)(H,33,34)/b20-12-. The molecule has 0 aliphatic carbocycles. The number of benzene rings is 3. The number of amides is 2. The molecular weight excluding hydrogens is 534 g/mol. The Morgan fingerprint density at radius 2 is 1.80 bits per heavy atom. The van der Waals surface area contributed by atoms with E-state index in [9.17, 15) is 24.6 Å². The van der Waals surface area contributed by atoms with Crippen molar-refractivity contribution in [3.05, 3.63) is 98.6 Å². The van der Waals surface area contributed by atoms with Gasteiger partial charge in [0.15, 0.2) is 0 Å². The number of thiazole rings is 1. The molecule has 3 aromatic carbocycles. The lowest BCUT2D eigenvalue weighted by Crippen LogP contribution is -2.28. The van der Waals surface area contributed by atoms with Crippen molar-refractivity contribution < 1.29 is 24.6 Å². The van der Waals surface area contributed by atoms with Crippen molar-refractivity contribution in [2.24, 2.45) is 0 Å². The summed E-state index contributed by atoms with van der Waals surface area (Å²) in [5.74, 6) is -2.23. The number of carboxylic acid groups (broad SMARTS) is 1. The summed E-state index contributed by atoms with van der Waals surface area (Å²) in [4.78, 5) is 41.4. The molecule has 2 amide bonds. The molecule has 0 bridgehead atoms. The van der Waals surface area contributed by atoms with E-state index in [0.29, 0.717) is 15.0 Å². The van der Waals surface area contributed by atoms with Crippen LogP contribution in [0.4, 0.5) is 0 Å². The molecule has 10 heteroatoms. The van der Waals surface area contributed by atoms with Crippen LogP contribution in [0, 0.1) is 0 Å². The molecule has 0 unspecified atom stereocenters. The number of halogens is 1. The van der Waals surface area contributed by atoms with Crippen molar-refractivity contribution in [1.29, 1.82) is 0 Å². The summed E-state index contributed by atoms with van der Waals surface area (Å²) < 4.78 is 1.22. The molecule has 0 saturated carbocycles. The summed E-state index contributed by atoms with van der Waals surface area (Å²) in [7, 11) is 0. The van der Waals surface area contributed by atoms with E-state index in [1.54, 1.807) is 18.2 Å². The van der Waals surface area contributed by atoms with E-state index in [4.69, 9.17) is 0 Å². The van der Waals surface area contributed by atoms with Gasteiger partial charge in [0.05, 0.1) is 15.8 Å². The number of nitrogens with zero attached hydrogens (tertiary/aromatic N) is 1. The molecule has 0 radical (unpaired) electrons.